The van der Waals surface area contributed by atoms with Crippen LogP contribution in [0.5, 0.6) is 0 Å². The number of likely N-dealkylation sites (N-methyl/N-ethyl adjacent to an activating group) is 1. The SMILES string of the molecule is CC(C(=O)N1CCN(C)c2ccc(F)cc21)n1nnc(-c2ccccc2)n1. The van der Waals surface area contributed by atoms with Crippen molar-refractivity contribution in [2.45, 2.75) is 13.0 Å². The van der Waals surface area contributed by atoms with Gasteiger partial charge in [0.05, 0.1) is 11.4 Å². The largest absolute Gasteiger partial charge is 0.371 e. The van der Waals surface area contributed by atoms with Gasteiger partial charge in [0.1, 0.15) is 11.9 Å². The molecule has 2 heterocycles. The number of nitrogens with zero attached hydrogens (tertiary/aromatic N) is 6. The Bertz CT molecular complexity index is 973. The molecule has 1 aromatic heterocycles. The second-order valence-corrected chi connectivity index (χ2v) is 6.52. The van der Waals surface area contributed by atoms with E-state index in [1.807, 2.05) is 42.3 Å². The maximum atomic E-state index is 13.8. The van der Waals surface area contributed by atoms with E-state index in [1.165, 1.54) is 16.9 Å². The highest BCUT2D eigenvalue weighted by Crippen LogP contribution is 2.34. The fraction of sp³-hybridized carbons (Fsp3) is 0.263. The van der Waals surface area contributed by atoms with Gasteiger partial charge in [-0.05, 0) is 30.3 Å². The predicted molar refractivity (Wildman–Crippen MR) is 100.0 cm³/mol. The summed E-state index contributed by atoms with van der Waals surface area (Å²) in [6.07, 6.45) is 0. The van der Waals surface area contributed by atoms with Gasteiger partial charge in [-0.25, -0.2) is 4.39 Å². The molecule has 0 radical (unpaired) electrons. The van der Waals surface area contributed by atoms with Gasteiger partial charge in [-0.1, -0.05) is 30.3 Å². The number of fused-ring (bicyclic) bond motifs is 1. The number of anilines is 2. The van der Waals surface area contributed by atoms with Gasteiger partial charge in [0.25, 0.3) is 5.91 Å². The zero-order valence-electron chi connectivity index (χ0n) is 15.1. The van der Waals surface area contributed by atoms with E-state index in [-0.39, 0.29) is 11.7 Å². The molecule has 7 nitrogen and oxygen atoms in total. The molecular weight excluding hydrogens is 347 g/mol. The molecule has 4 rings (SSSR count). The molecule has 0 N–H and O–H groups in total. The van der Waals surface area contributed by atoms with E-state index in [4.69, 9.17) is 0 Å². The van der Waals surface area contributed by atoms with Crippen LogP contribution in [0.2, 0.25) is 0 Å². The maximum absolute atomic E-state index is 13.8. The van der Waals surface area contributed by atoms with E-state index in [0.717, 1.165) is 11.3 Å². The average Bonchev–Trinajstić information content (AvgIpc) is 3.18. The number of benzene rings is 2. The molecule has 1 amide bonds. The molecule has 1 aliphatic heterocycles. The molecule has 0 saturated heterocycles. The van der Waals surface area contributed by atoms with Crippen LogP contribution in [0.1, 0.15) is 13.0 Å². The fourth-order valence-corrected chi connectivity index (χ4v) is 3.17. The van der Waals surface area contributed by atoms with Crippen molar-refractivity contribution in [2.75, 3.05) is 29.9 Å². The van der Waals surface area contributed by atoms with Crippen LogP contribution < -0.4 is 9.80 Å². The Morgan fingerprint density at radius 1 is 1.11 bits per heavy atom. The first-order valence-corrected chi connectivity index (χ1v) is 8.71. The van der Waals surface area contributed by atoms with Gasteiger partial charge in [0.15, 0.2) is 0 Å². The zero-order valence-corrected chi connectivity index (χ0v) is 15.1. The van der Waals surface area contributed by atoms with Gasteiger partial charge < -0.3 is 9.80 Å². The van der Waals surface area contributed by atoms with Gasteiger partial charge in [-0.15, -0.1) is 10.2 Å². The molecule has 0 saturated carbocycles. The summed E-state index contributed by atoms with van der Waals surface area (Å²) in [7, 11) is 1.92. The van der Waals surface area contributed by atoms with Crippen LogP contribution in [0.4, 0.5) is 15.8 Å². The lowest BCUT2D eigenvalue weighted by Gasteiger charge is -2.36. The molecular formula is C19H19FN6O. The molecule has 0 aliphatic carbocycles. The van der Waals surface area contributed by atoms with Crippen LogP contribution in [0, 0.1) is 5.82 Å². The average molecular weight is 366 g/mol. The second-order valence-electron chi connectivity index (χ2n) is 6.52. The Morgan fingerprint density at radius 2 is 1.89 bits per heavy atom. The lowest BCUT2D eigenvalue weighted by molar-refractivity contribution is -0.121. The smallest absolute Gasteiger partial charge is 0.253 e. The molecule has 3 aromatic rings. The van der Waals surface area contributed by atoms with E-state index in [0.29, 0.717) is 24.6 Å². The molecule has 0 fully saturated rings. The maximum Gasteiger partial charge on any atom is 0.253 e. The monoisotopic (exact) mass is 366 g/mol. The van der Waals surface area contributed by atoms with Crippen molar-refractivity contribution < 1.29 is 9.18 Å². The minimum Gasteiger partial charge on any atom is -0.371 e. The summed E-state index contributed by atoms with van der Waals surface area (Å²) in [5.74, 6) is -0.119. The summed E-state index contributed by atoms with van der Waals surface area (Å²) in [5, 5.41) is 12.4. The van der Waals surface area contributed by atoms with Crippen molar-refractivity contribution in [1.29, 1.82) is 0 Å². The topological polar surface area (TPSA) is 67.2 Å². The molecule has 0 bridgehead atoms. The number of hydrogen-bond donors (Lipinski definition) is 0. The number of hydrogen-bond acceptors (Lipinski definition) is 5. The Labute approximate surface area is 156 Å². The summed E-state index contributed by atoms with van der Waals surface area (Å²) < 4.78 is 13.8. The lowest BCUT2D eigenvalue weighted by atomic mass is 10.1. The Balaban J connectivity index is 1.61. The standard InChI is InChI=1S/C19H19FN6O/c1-13(26-22-18(21-23-26)14-6-4-3-5-7-14)19(27)25-11-10-24(2)16-9-8-15(20)12-17(16)25/h3-9,12-13H,10-11H2,1-2H3. The van der Waals surface area contributed by atoms with Crippen LogP contribution in [-0.4, -0.2) is 46.3 Å². The Kier molecular flexibility index (Phi) is 4.31. The van der Waals surface area contributed by atoms with Crippen LogP contribution in [-0.2, 0) is 4.79 Å². The Hall–Kier alpha value is -3.29. The van der Waals surface area contributed by atoms with E-state index >= 15 is 0 Å². The van der Waals surface area contributed by atoms with Gasteiger partial charge in [0.2, 0.25) is 5.82 Å². The number of carbonyl (C=O) groups is 1. The summed E-state index contributed by atoms with van der Waals surface area (Å²) in [4.78, 5) is 18.0. The first-order valence-electron chi connectivity index (χ1n) is 8.71. The molecule has 8 heteroatoms. The van der Waals surface area contributed by atoms with Gasteiger partial charge in [-0.2, -0.15) is 4.80 Å². The minimum atomic E-state index is -0.658. The zero-order chi connectivity index (χ0) is 19.0. The highest BCUT2D eigenvalue weighted by atomic mass is 19.1. The quantitative estimate of drug-likeness (QED) is 0.713. The number of tetrazole rings is 1. The minimum absolute atomic E-state index is 0.202. The van der Waals surface area contributed by atoms with Crippen molar-refractivity contribution in [3.8, 4) is 11.4 Å². The van der Waals surface area contributed by atoms with Crippen molar-refractivity contribution >= 4 is 17.3 Å². The first-order chi connectivity index (χ1) is 13.0. The van der Waals surface area contributed by atoms with E-state index in [1.54, 1.807) is 17.9 Å². The molecule has 1 atom stereocenters. The highest BCUT2D eigenvalue weighted by molar-refractivity contribution is 5.99. The molecule has 27 heavy (non-hydrogen) atoms. The summed E-state index contributed by atoms with van der Waals surface area (Å²) in [5.41, 5.74) is 2.21. The third-order valence-electron chi connectivity index (χ3n) is 4.73. The summed E-state index contributed by atoms with van der Waals surface area (Å²) in [6, 6.07) is 13.3. The third-order valence-corrected chi connectivity index (χ3v) is 4.73. The second kappa shape index (κ2) is 6.79. The third kappa shape index (κ3) is 3.14. The number of aromatic nitrogens is 4. The van der Waals surface area contributed by atoms with Crippen LogP contribution in [0.15, 0.2) is 48.5 Å². The highest BCUT2D eigenvalue weighted by Gasteiger charge is 2.30. The Morgan fingerprint density at radius 3 is 2.67 bits per heavy atom. The fourth-order valence-electron chi connectivity index (χ4n) is 3.17. The first kappa shape index (κ1) is 17.1. The van der Waals surface area contributed by atoms with E-state index in [9.17, 15) is 9.18 Å². The molecule has 2 aromatic carbocycles. The predicted octanol–water partition coefficient (Wildman–Crippen LogP) is 2.52. The van der Waals surface area contributed by atoms with Gasteiger partial charge >= 0.3 is 0 Å². The van der Waals surface area contributed by atoms with Crippen molar-refractivity contribution in [2.24, 2.45) is 0 Å². The van der Waals surface area contributed by atoms with Crippen molar-refractivity contribution in [3.63, 3.8) is 0 Å². The van der Waals surface area contributed by atoms with Crippen molar-refractivity contribution in [3.05, 3.63) is 54.3 Å². The summed E-state index contributed by atoms with van der Waals surface area (Å²) in [6.45, 7) is 2.85. The molecule has 0 spiro atoms. The molecule has 1 unspecified atom stereocenters. The number of amides is 1. The normalized spacial score (nSPS) is 14.8. The molecule has 138 valence electrons. The number of halogens is 1. The van der Waals surface area contributed by atoms with Gasteiger partial charge in [-0.3, -0.25) is 4.79 Å². The van der Waals surface area contributed by atoms with Crippen LogP contribution >= 0.6 is 0 Å². The lowest BCUT2D eigenvalue weighted by Crippen LogP contribution is -2.45. The van der Waals surface area contributed by atoms with Crippen molar-refractivity contribution in [1.82, 2.24) is 20.2 Å². The van der Waals surface area contributed by atoms with E-state index in [2.05, 4.69) is 15.4 Å². The molecule has 1 aliphatic rings. The van der Waals surface area contributed by atoms with E-state index < -0.39 is 6.04 Å². The number of carbonyl (C=O) groups excluding carboxylic acids is 1. The summed E-state index contributed by atoms with van der Waals surface area (Å²) >= 11 is 0. The van der Waals surface area contributed by atoms with Gasteiger partial charge in [0, 0.05) is 25.7 Å². The number of rotatable bonds is 3. The van der Waals surface area contributed by atoms with Crippen LogP contribution in [0.3, 0.4) is 0 Å². The van der Waals surface area contributed by atoms with Crippen LogP contribution in [0.25, 0.3) is 11.4 Å².